The molecule has 176 valence electrons. The Hall–Kier alpha value is -4.03. The molecule has 5 rings (SSSR count). The van der Waals surface area contributed by atoms with Crippen molar-refractivity contribution in [2.75, 3.05) is 26.2 Å². The van der Waals surface area contributed by atoms with Gasteiger partial charge in [-0.25, -0.2) is 4.68 Å². The van der Waals surface area contributed by atoms with E-state index in [1.807, 2.05) is 47.4 Å². The Kier molecular flexibility index (Phi) is 6.82. The van der Waals surface area contributed by atoms with E-state index in [-0.39, 0.29) is 17.5 Å². The molecule has 1 fully saturated rings. The minimum Gasteiger partial charge on any atom is -0.335 e. The number of benzene rings is 3. The lowest BCUT2D eigenvalue weighted by Gasteiger charge is -2.39. The zero-order valence-corrected chi connectivity index (χ0v) is 19.5. The summed E-state index contributed by atoms with van der Waals surface area (Å²) >= 11 is 0. The van der Waals surface area contributed by atoms with E-state index in [0.717, 1.165) is 18.7 Å². The van der Waals surface area contributed by atoms with Gasteiger partial charge in [-0.05, 0) is 22.8 Å². The third kappa shape index (κ3) is 5.23. The van der Waals surface area contributed by atoms with E-state index in [1.54, 1.807) is 0 Å². The Bertz CT molecular complexity index is 1280. The fraction of sp³-hybridized carbons (Fsp3) is 0.207. The Balaban J connectivity index is 1.30. The van der Waals surface area contributed by atoms with Gasteiger partial charge in [-0.3, -0.25) is 14.5 Å². The molecule has 35 heavy (non-hydrogen) atoms. The summed E-state index contributed by atoms with van der Waals surface area (Å²) in [5.41, 5.74) is 3.54. The van der Waals surface area contributed by atoms with Crippen molar-refractivity contribution < 1.29 is 4.79 Å². The predicted octanol–water partition coefficient (Wildman–Crippen LogP) is 3.84. The molecule has 0 saturated carbocycles. The van der Waals surface area contributed by atoms with E-state index in [9.17, 15) is 9.59 Å². The average molecular weight is 465 g/mol. The van der Waals surface area contributed by atoms with Gasteiger partial charge < -0.3 is 4.90 Å². The molecule has 1 amide bonds. The lowest BCUT2D eigenvalue weighted by atomic mass is 9.96. The van der Waals surface area contributed by atoms with Crippen molar-refractivity contribution in [2.24, 2.45) is 0 Å². The second kappa shape index (κ2) is 10.5. The van der Waals surface area contributed by atoms with Gasteiger partial charge in [0.05, 0.1) is 12.6 Å². The first kappa shape index (κ1) is 22.7. The van der Waals surface area contributed by atoms with Crippen LogP contribution in [0.3, 0.4) is 0 Å². The Morgan fingerprint density at radius 1 is 0.714 bits per heavy atom. The first-order chi connectivity index (χ1) is 17.2. The van der Waals surface area contributed by atoms with Crippen LogP contribution in [-0.2, 0) is 6.54 Å². The van der Waals surface area contributed by atoms with E-state index >= 15 is 0 Å². The number of amides is 1. The van der Waals surface area contributed by atoms with Crippen molar-refractivity contribution in [2.45, 2.75) is 12.6 Å². The minimum absolute atomic E-state index is 0.137. The minimum atomic E-state index is -0.219. The molecule has 1 aliphatic rings. The highest BCUT2D eigenvalue weighted by Gasteiger charge is 2.29. The smallest absolute Gasteiger partial charge is 0.274 e. The van der Waals surface area contributed by atoms with Crippen LogP contribution >= 0.6 is 0 Å². The standard InChI is InChI=1S/C29H28N4O2/c34-27-17-16-26(30-33(27)22-23-10-4-1-5-11-23)29(35)32-20-18-31(19-21-32)28(24-12-6-2-7-13-24)25-14-8-3-9-15-25/h1-17,28H,18-22H2. The van der Waals surface area contributed by atoms with Gasteiger partial charge in [-0.2, -0.15) is 5.10 Å². The molecule has 0 bridgehead atoms. The molecule has 2 heterocycles. The third-order valence-electron chi connectivity index (χ3n) is 6.46. The number of aromatic nitrogens is 2. The fourth-order valence-corrected chi connectivity index (χ4v) is 4.66. The molecule has 1 aliphatic heterocycles. The summed E-state index contributed by atoms with van der Waals surface area (Å²) in [6.45, 7) is 3.06. The summed E-state index contributed by atoms with van der Waals surface area (Å²) in [6.07, 6.45) is 0. The number of hydrogen-bond donors (Lipinski definition) is 0. The second-order valence-electron chi connectivity index (χ2n) is 8.75. The molecule has 1 saturated heterocycles. The molecule has 0 unspecified atom stereocenters. The van der Waals surface area contributed by atoms with Gasteiger partial charge in [-0.1, -0.05) is 91.0 Å². The summed E-state index contributed by atoms with van der Waals surface area (Å²) in [7, 11) is 0. The van der Waals surface area contributed by atoms with Crippen LogP contribution in [0.4, 0.5) is 0 Å². The van der Waals surface area contributed by atoms with Crippen molar-refractivity contribution >= 4 is 5.91 Å². The van der Waals surface area contributed by atoms with Crippen LogP contribution < -0.4 is 5.56 Å². The van der Waals surface area contributed by atoms with E-state index in [0.29, 0.717) is 25.3 Å². The van der Waals surface area contributed by atoms with Crippen molar-refractivity contribution in [3.05, 3.63) is 136 Å². The molecule has 0 atom stereocenters. The van der Waals surface area contributed by atoms with Gasteiger partial charge in [0, 0.05) is 32.2 Å². The van der Waals surface area contributed by atoms with E-state index in [1.165, 1.54) is 27.9 Å². The topological polar surface area (TPSA) is 58.4 Å². The number of nitrogens with zero attached hydrogens (tertiary/aromatic N) is 4. The van der Waals surface area contributed by atoms with Gasteiger partial charge in [0.2, 0.25) is 0 Å². The summed E-state index contributed by atoms with van der Waals surface area (Å²) in [4.78, 5) is 29.9. The van der Waals surface area contributed by atoms with Crippen molar-refractivity contribution in [1.29, 1.82) is 0 Å². The van der Waals surface area contributed by atoms with Crippen LogP contribution in [0.15, 0.2) is 108 Å². The van der Waals surface area contributed by atoms with Crippen molar-refractivity contribution in [3.8, 4) is 0 Å². The lowest BCUT2D eigenvalue weighted by molar-refractivity contribution is 0.0589. The summed E-state index contributed by atoms with van der Waals surface area (Å²) < 4.78 is 1.36. The first-order valence-electron chi connectivity index (χ1n) is 11.9. The van der Waals surface area contributed by atoms with Gasteiger partial charge in [0.1, 0.15) is 5.69 Å². The van der Waals surface area contributed by atoms with Crippen LogP contribution in [0.2, 0.25) is 0 Å². The van der Waals surface area contributed by atoms with Gasteiger partial charge in [0.15, 0.2) is 0 Å². The number of piperazine rings is 1. The van der Waals surface area contributed by atoms with Crippen LogP contribution in [0, 0.1) is 0 Å². The highest BCUT2D eigenvalue weighted by atomic mass is 16.2. The predicted molar refractivity (Wildman–Crippen MR) is 136 cm³/mol. The maximum atomic E-state index is 13.3. The fourth-order valence-electron chi connectivity index (χ4n) is 4.66. The highest BCUT2D eigenvalue weighted by Crippen LogP contribution is 2.29. The molecular weight excluding hydrogens is 436 g/mol. The maximum Gasteiger partial charge on any atom is 0.274 e. The summed E-state index contributed by atoms with van der Waals surface area (Å²) in [6, 6.07) is 33.8. The van der Waals surface area contributed by atoms with Crippen LogP contribution in [-0.4, -0.2) is 51.7 Å². The molecule has 0 radical (unpaired) electrons. The second-order valence-corrected chi connectivity index (χ2v) is 8.75. The highest BCUT2D eigenvalue weighted by molar-refractivity contribution is 5.92. The van der Waals surface area contributed by atoms with Crippen LogP contribution in [0.5, 0.6) is 0 Å². The van der Waals surface area contributed by atoms with Gasteiger partial charge in [-0.15, -0.1) is 0 Å². The van der Waals surface area contributed by atoms with Crippen molar-refractivity contribution in [3.63, 3.8) is 0 Å². The average Bonchev–Trinajstić information content (AvgIpc) is 2.92. The number of carbonyl (C=O) groups is 1. The van der Waals surface area contributed by atoms with Crippen LogP contribution in [0.1, 0.15) is 33.2 Å². The van der Waals surface area contributed by atoms with Crippen LogP contribution in [0.25, 0.3) is 0 Å². The molecule has 6 nitrogen and oxygen atoms in total. The van der Waals surface area contributed by atoms with E-state index < -0.39 is 0 Å². The third-order valence-corrected chi connectivity index (χ3v) is 6.46. The maximum absolute atomic E-state index is 13.3. The molecule has 4 aromatic rings. The van der Waals surface area contributed by atoms with Crippen molar-refractivity contribution in [1.82, 2.24) is 19.6 Å². The molecule has 0 N–H and O–H groups in total. The normalized spacial score (nSPS) is 14.3. The SMILES string of the molecule is O=C(c1ccc(=O)n(Cc2ccccc2)n1)N1CCN(C(c2ccccc2)c2ccccc2)CC1. The Labute approximate surface area is 205 Å². The summed E-state index contributed by atoms with van der Waals surface area (Å²) in [5, 5.41) is 4.39. The quantitative estimate of drug-likeness (QED) is 0.435. The summed E-state index contributed by atoms with van der Waals surface area (Å²) in [5.74, 6) is -0.137. The monoisotopic (exact) mass is 464 g/mol. The number of carbonyl (C=O) groups excluding carboxylic acids is 1. The molecule has 1 aromatic heterocycles. The number of hydrogen-bond acceptors (Lipinski definition) is 4. The Morgan fingerprint density at radius 2 is 1.26 bits per heavy atom. The van der Waals surface area contributed by atoms with Gasteiger partial charge in [0.25, 0.3) is 11.5 Å². The first-order valence-corrected chi connectivity index (χ1v) is 11.9. The molecular formula is C29H28N4O2. The van der Waals surface area contributed by atoms with E-state index in [2.05, 4.69) is 58.5 Å². The van der Waals surface area contributed by atoms with Gasteiger partial charge >= 0.3 is 0 Å². The molecule has 3 aromatic carbocycles. The zero-order chi connectivity index (χ0) is 24.0. The lowest BCUT2D eigenvalue weighted by Crippen LogP contribution is -2.50. The molecule has 6 heteroatoms. The Morgan fingerprint density at radius 3 is 1.83 bits per heavy atom. The number of rotatable bonds is 6. The zero-order valence-electron chi connectivity index (χ0n) is 19.5. The molecule has 0 spiro atoms. The largest absolute Gasteiger partial charge is 0.335 e. The molecule has 0 aliphatic carbocycles. The van der Waals surface area contributed by atoms with E-state index in [4.69, 9.17) is 0 Å².